The summed E-state index contributed by atoms with van der Waals surface area (Å²) >= 11 is 12.0. The Labute approximate surface area is 123 Å². The van der Waals surface area contributed by atoms with Gasteiger partial charge in [0.2, 0.25) is 0 Å². The monoisotopic (exact) mass is 298 g/mol. The number of halogens is 2. The predicted molar refractivity (Wildman–Crippen MR) is 78.1 cm³/mol. The van der Waals surface area contributed by atoms with Crippen LogP contribution in [0.5, 0.6) is 5.75 Å². The van der Waals surface area contributed by atoms with Crippen LogP contribution in [0.25, 0.3) is 0 Å². The summed E-state index contributed by atoms with van der Waals surface area (Å²) in [5.41, 5.74) is 1.80. The lowest BCUT2D eigenvalue weighted by atomic mass is 10.3. The fourth-order valence-electron chi connectivity index (χ4n) is 1.81. The molecule has 1 heterocycles. The summed E-state index contributed by atoms with van der Waals surface area (Å²) < 4.78 is 7.40. The van der Waals surface area contributed by atoms with Crippen LogP contribution in [0.3, 0.4) is 0 Å². The fraction of sp³-hybridized carbons (Fsp3) is 0.357. The molecule has 3 nitrogen and oxygen atoms in total. The normalized spacial score (nSPS) is 10.7. The van der Waals surface area contributed by atoms with Gasteiger partial charge in [-0.25, -0.2) is 0 Å². The molecule has 0 atom stereocenters. The van der Waals surface area contributed by atoms with Gasteiger partial charge in [-0.15, -0.1) is 11.6 Å². The number of rotatable bonds is 6. The molecule has 0 spiro atoms. The van der Waals surface area contributed by atoms with E-state index in [-0.39, 0.29) is 0 Å². The zero-order valence-electron chi connectivity index (χ0n) is 10.8. The lowest BCUT2D eigenvalue weighted by Gasteiger charge is -2.06. The van der Waals surface area contributed by atoms with Crippen molar-refractivity contribution in [3.8, 4) is 5.75 Å². The van der Waals surface area contributed by atoms with Gasteiger partial charge >= 0.3 is 0 Å². The Balaban J connectivity index is 1.83. The SMILES string of the molecule is Cc1nn(CCCOc2ccccc2)c(Cl)c1CCl. The quantitative estimate of drug-likeness (QED) is 0.594. The number of ether oxygens (including phenoxy) is 1. The number of alkyl halides is 1. The first kappa shape index (κ1) is 14.2. The number of para-hydroxylation sites is 1. The van der Waals surface area contributed by atoms with Gasteiger partial charge in [0.15, 0.2) is 0 Å². The number of hydrogen-bond donors (Lipinski definition) is 0. The third-order valence-electron chi connectivity index (χ3n) is 2.84. The molecule has 0 amide bonds. The maximum Gasteiger partial charge on any atom is 0.131 e. The molecule has 0 fully saturated rings. The number of hydrogen-bond acceptors (Lipinski definition) is 2. The molecule has 0 saturated heterocycles. The van der Waals surface area contributed by atoms with Gasteiger partial charge in [-0.1, -0.05) is 29.8 Å². The van der Waals surface area contributed by atoms with E-state index in [1.807, 2.05) is 37.3 Å². The smallest absolute Gasteiger partial charge is 0.131 e. The lowest BCUT2D eigenvalue weighted by molar-refractivity contribution is 0.298. The molecule has 1 aromatic heterocycles. The summed E-state index contributed by atoms with van der Waals surface area (Å²) in [5, 5.41) is 5.00. The van der Waals surface area contributed by atoms with Crippen LogP contribution in [0.4, 0.5) is 0 Å². The summed E-state index contributed by atoms with van der Waals surface area (Å²) in [4.78, 5) is 0. The van der Waals surface area contributed by atoms with E-state index in [1.54, 1.807) is 4.68 Å². The predicted octanol–water partition coefficient (Wildman–Crippen LogP) is 4.05. The molecule has 0 aliphatic carbocycles. The lowest BCUT2D eigenvalue weighted by Crippen LogP contribution is -2.06. The Morgan fingerprint density at radius 3 is 2.63 bits per heavy atom. The highest BCUT2D eigenvalue weighted by Gasteiger charge is 2.11. The van der Waals surface area contributed by atoms with E-state index in [9.17, 15) is 0 Å². The van der Waals surface area contributed by atoms with Gasteiger partial charge in [0.05, 0.1) is 18.2 Å². The summed E-state index contributed by atoms with van der Waals surface area (Å²) in [6.07, 6.45) is 0.845. The fourth-order valence-corrected chi connectivity index (χ4v) is 2.53. The van der Waals surface area contributed by atoms with Gasteiger partial charge in [0, 0.05) is 18.5 Å². The molecule has 2 aromatic rings. The van der Waals surface area contributed by atoms with Crippen LogP contribution in [0, 0.1) is 6.92 Å². The largest absolute Gasteiger partial charge is 0.494 e. The van der Waals surface area contributed by atoms with Crippen molar-refractivity contribution in [3.05, 3.63) is 46.7 Å². The summed E-state index contributed by atoms with van der Waals surface area (Å²) in [6.45, 7) is 3.28. The van der Waals surface area contributed by atoms with E-state index in [1.165, 1.54) is 0 Å². The number of benzene rings is 1. The Hall–Kier alpha value is -1.19. The molecule has 1 aromatic carbocycles. The zero-order valence-corrected chi connectivity index (χ0v) is 12.3. The average Bonchev–Trinajstić information content (AvgIpc) is 2.70. The average molecular weight is 299 g/mol. The third-order valence-corrected chi connectivity index (χ3v) is 3.53. The van der Waals surface area contributed by atoms with Gasteiger partial charge in [-0.3, -0.25) is 4.68 Å². The number of nitrogens with zero attached hydrogens (tertiary/aromatic N) is 2. The van der Waals surface area contributed by atoms with Crippen LogP contribution in [-0.2, 0) is 12.4 Å². The molecule has 102 valence electrons. The molecule has 2 rings (SSSR count). The number of aromatic nitrogens is 2. The van der Waals surface area contributed by atoms with E-state index in [4.69, 9.17) is 27.9 Å². The summed E-state index contributed by atoms with van der Waals surface area (Å²) in [6, 6.07) is 9.76. The van der Waals surface area contributed by atoms with Crippen LogP contribution >= 0.6 is 23.2 Å². The molecular weight excluding hydrogens is 283 g/mol. The van der Waals surface area contributed by atoms with Crippen LogP contribution < -0.4 is 4.74 Å². The molecule has 0 bridgehead atoms. The van der Waals surface area contributed by atoms with Crippen molar-refractivity contribution in [1.82, 2.24) is 9.78 Å². The molecular formula is C14H16Cl2N2O. The van der Waals surface area contributed by atoms with E-state index < -0.39 is 0 Å². The molecule has 5 heteroatoms. The highest BCUT2D eigenvalue weighted by molar-refractivity contribution is 6.31. The van der Waals surface area contributed by atoms with Crippen molar-refractivity contribution in [3.63, 3.8) is 0 Å². The summed E-state index contributed by atoms with van der Waals surface area (Å²) in [7, 11) is 0. The van der Waals surface area contributed by atoms with Gasteiger partial charge in [0.25, 0.3) is 0 Å². The Morgan fingerprint density at radius 1 is 1.26 bits per heavy atom. The molecule has 0 N–H and O–H groups in total. The molecule has 0 radical (unpaired) electrons. The van der Waals surface area contributed by atoms with Crippen molar-refractivity contribution in [2.75, 3.05) is 6.61 Å². The maximum atomic E-state index is 6.20. The molecule has 0 unspecified atom stereocenters. The standard InChI is InChI=1S/C14H16Cl2N2O/c1-11-13(10-15)14(16)18(17-11)8-5-9-19-12-6-3-2-4-7-12/h2-4,6-7H,5,8-10H2,1H3. The number of aryl methyl sites for hydroxylation is 2. The van der Waals surface area contributed by atoms with Crippen molar-refractivity contribution >= 4 is 23.2 Å². The molecule has 0 aliphatic heterocycles. The van der Waals surface area contributed by atoms with Gasteiger partial charge in [-0.2, -0.15) is 5.10 Å². The first-order valence-electron chi connectivity index (χ1n) is 6.18. The Bertz CT molecular complexity index is 526. The minimum Gasteiger partial charge on any atom is -0.494 e. The highest BCUT2D eigenvalue weighted by atomic mass is 35.5. The van der Waals surface area contributed by atoms with Crippen LogP contribution in [0.2, 0.25) is 5.15 Å². The summed E-state index contributed by atoms with van der Waals surface area (Å²) in [5.74, 6) is 1.28. The Kier molecular flexibility index (Phi) is 5.11. The van der Waals surface area contributed by atoms with Crippen molar-refractivity contribution in [2.45, 2.75) is 25.8 Å². The second kappa shape index (κ2) is 6.83. The highest BCUT2D eigenvalue weighted by Crippen LogP contribution is 2.21. The van der Waals surface area contributed by atoms with Crippen LogP contribution in [0.15, 0.2) is 30.3 Å². The van der Waals surface area contributed by atoms with E-state index >= 15 is 0 Å². The van der Waals surface area contributed by atoms with Gasteiger partial charge in [0.1, 0.15) is 10.9 Å². The Morgan fingerprint density at radius 2 is 2.00 bits per heavy atom. The first-order chi connectivity index (χ1) is 9.22. The van der Waals surface area contributed by atoms with E-state index in [0.29, 0.717) is 17.6 Å². The van der Waals surface area contributed by atoms with Crippen LogP contribution in [0.1, 0.15) is 17.7 Å². The van der Waals surface area contributed by atoms with Crippen LogP contribution in [-0.4, -0.2) is 16.4 Å². The van der Waals surface area contributed by atoms with Crippen molar-refractivity contribution < 1.29 is 4.74 Å². The van der Waals surface area contributed by atoms with E-state index in [0.717, 1.165) is 30.0 Å². The third kappa shape index (κ3) is 3.64. The van der Waals surface area contributed by atoms with Crippen molar-refractivity contribution in [2.24, 2.45) is 0 Å². The second-order valence-corrected chi connectivity index (χ2v) is 4.85. The maximum absolute atomic E-state index is 6.20. The van der Waals surface area contributed by atoms with Crippen molar-refractivity contribution in [1.29, 1.82) is 0 Å². The second-order valence-electron chi connectivity index (χ2n) is 4.23. The molecule has 0 aliphatic rings. The minimum absolute atomic E-state index is 0.394. The topological polar surface area (TPSA) is 27.1 Å². The first-order valence-corrected chi connectivity index (χ1v) is 7.09. The molecule has 19 heavy (non-hydrogen) atoms. The van der Waals surface area contributed by atoms with E-state index in [2.05, 4.69) is 5.10 Å². The molecule has 0 saturated carbocycles. The van der Waals surface area contributed by atoms with Gasteiger partial charge in [-0.05, 0) is 19.1 Å². The van der Waals surface area contributed by atoms with Gasteiger partial charge < -0.3 is 4.74 Å². The minimum atomic E-state index is 0.394. The zero-order chi connectivity index (χ0) is 13.7.